The summed E-state index contributed by atoms with van der Waals surface area (Å²) in [5.41, 5.74) is 1.50. The number of nitrogens with one attached hydrogen (secondary N) is 1. The third kappa shape index (κ3) is 4.12. The van der Waals surface area contributed by atoms with Crippen LogP contribution in [0, 0.1) is 0 Å². The summed E-state index contributed by atoms with van der Waals surface area (Å²) in [5.74, 6) is -1.67. The molecule has 22 heavy (non-hydrogen) atoms. The summed E-state index contributed by atoms with van der Waals surface area (Å²) >= 11 is 0. The smallest absolute Gasteiger partial charge is 0.355 e. The maximum Gasteiger partial charge on any atom is 0.397 e. The molecule has 1 aliphatic rings. The first-order valence-corrected chi connectivity index (χ1v) is 8.22. The Morgan fingerprint density at radius 2 is 1.95 bits per heavy atom. The van der Waals surface area contributed by atoms with E-state index in [1.807, 2.05) is 17.4 Å². The highest BCUT2D eigenvalue weighted by Gasteiger charge is 2.32. The van der Waals surface area contributed by atoms with Crippen LogP contribution in [0.4, 0.5) is 18.9 Å². The summed E-state index contributed by atoms with van der Waals surface area (Å²) in [6.07, 6.45) is -5.62. The minimum Gasteiger partial charge on any atom is -0.355 e. The molecular formula is C13H15F3N2O3S. The second-order valence-electron chi connectivity index (χ2n) is 4.91. The van der Waals surface area contributed by atoms with Crippen molar-refractivity contribution in [1.82, 2.24) is 5.32 Å². The van der Waals surface area contributed by atoms with Gasteiger partial charge in [-0.05, 0) is 18.1 Å². The van der Waals surface area contributed by atoms with Crippen molar-refractivity contribution in [2.75, 3.05) is 23.1 Å². The van der Waals surface area contributed by atoms with Crippen molar-refractivity contribution in [3.05, 3.63) is 29.8 Å². The fourth-order valence-electron chi connectivity index (χ4n) is 2.27. The number of sulfonamides is 1. The monoisotopic (exact) mass is 336 g/mol. The lowest BCUT2D eigenvalue weighted by Gasteiger charge is -2.19. The van der Waals surface area contributed by atoms with Gasteiger partial charge in [0.1, 0.15) is 6.42 Å². The molecule has 0 aliphatic carbocycles. The number of carbonyl (C=O) groups excluding carboxylic acids is 1. The van der Waals surface area contributed by atoms with E-state index in [1.54, 1.807) is 12.1 Å². The molecule has 0 unspecified atom stereocenters. The van der Waals surface area contributed by atoms with E-state index in [9.17, 15) is 26.4 Å². The molecule has 0 fully saturated rings. The predicted octanol–water partition coefficient (Wildman–Crippen LogP) is 1.45. The molecule has 2 rings (SSSR count). The number of carbonyl (C=O) groups is 1. The molecular weight excluding hydrogens is 321 g/mol. The Labute approximate surface area is 126 Å². The van der Waals surface area contributed by atoms with Crippen LogP contribution < -0.4 is 9.62 Å². The van der Waals surface area contributed by atoms with E-state index in [4.69, 9.17) is 0 Å². The number of para-hydroxylation sites is 1. The zero-order valence-corrected chi connectivity index (χ0v) is 12.4. The van der Waals surface area contributed by atoms with E-state index in [2.05, 4.69) is 0 Å². The maximum absolute atomic E-state index is 12.2. The zero-order valence-electron chi connectivity index (χ0n) is 11.6. The molecule has 0 radical (unpaired) electrons. The maximum atomic E-state index is 12.2. The first-order chi connectivity index (χ1) is 10.2. The first-order valence-electron chi connectivity index (χ1n) is 6.61. The topological polar surface area (TPSA) is 66.5 Å². The van der Waals surface area contributed by atoms with E-state index in [-0.39, 0.29) is 6.54 Å². The first kappa shape index (κ1) is 16.6. The van der Waals surface area contributed by atoms with E-state index in [1.165, 1.54) is 4.31 Å². The Bertz CT molecular complexity index is 659. The highest BCUT2D eigenvalue weighted by atomic mass is 32.2. The summed E-state index contributed by atoms with van der Waals surface area (Å²) in [7, 11) is -3.68. The Hall–Kier alpha value is -1.77. The Balaban J connectivity index is 1.92. The molecule has 1 amide bonds. The van der Waals surface area contributed by atoms with Crippen LogP contribution in [0.25, 0.3) is 0 Å². The van der Waals surface area contributed by atoms with Gasteiger partial charge in [0.05, 0.1) is 11.4 Å². The van der Waals surface area contributed by atoms with Crippen LogP contribution in [-0.2, 0) is 21.2 Å². The molecule has 1 N–H and O–H groups in total. The third-order valence-corrected chi connectivity index (χ3v) is 4.99. The Morgan fingerprint density at radius 3 is 2.64 bits per heavy atom. The molecule has 1 aromatic carbocycles. The van der Waals surface area contributed by atoms with Gasteiger partial charge in [-0.15, -0.1) is 0 Å². The lowest BCUT2D eigenvalue weighted by Crippen LogP contribution is -2.37. The number of halogens is 3. The fourth-order valence-corrected chi connectivity index (χ4v) is 3.70. The highest BCUT2D eigenvalue weighted by molar-refractivity contribution is 7.92. The second kappa shape index (κ2) is 6.15. The summed E-state index contributed by atoms with van der Waals surface area (Å²) in [6, 6.07) is 7.04. The van der Waals surface area contributed by atoms with Crippen LogP contribution in [0.5, 0.6) is 0 Å². The van der Waals surface area contributed by atoms with Crippen LogP contribution in [0.2, 0.25) is 0 Å². The lowest BCUT2D eigenvalue weighted by molar-refractivity contribution is -0.153. The Morgan fingerprint density at radius 1 is 1.27 bits per heavy atom. The van der Waals surface area contributed by atoms with Gasteiger partial charge in [0.15, 0.2) is 0 Å². The van der Waals surface area contributed by atoms with Gasteiger partial charge in [-0.1, -0.05) is 18.2 Å². The minimum absolute atomic E-state index is 0.304. The molecule has 1 heterocycles. The van der Waals surface area contributed by atoms with Crippen LogP contribution in [-0.4, -0.2) is 39.3 Å². The second-order valence-corrected chi connectivity index (χ2v) is 6.92. The summed E-state index contributed by atoms with van der Waals surface area (Å²) in [6.45, 7) is -0.0475. The SMILES string of the molecule is O=C(CC(F)(F)F)NCCS(=O)(=O)N1CCc2ccccc21. The molecule has 1 aromatic rings. The van der Waals surface area contributed by atoms with E-state index in [0.29, 0.717) is 18.7 Å². The third-order valence-electron chi connectivity index (χ3n) is 3.22. The number of anilines is 1. The lowest BCUT2D eigenvalue weighted by atomic mass is 10.2. The van der Waals surface area contributed by atoms with Gasteiger partial charge in [0.25, 0.3) is 0 Å². The standard InChI is InChI=1S/C13H15F3N2O3S/c14-13(15,16)9-12(19)17-6-8-22(20,21)18-7-5-10-3-1-2-4-11(10)18/h1-4H,5-9H2,(H,17,19). The van der Waals surface area contributed by atoms with Crippen molar-refractivity contribution >= 4 is 21.6 Å². The van der Waals surface area contributed by atoms with Crippen LogP contribution in [0.1, 0.15) is 12.0 Å². The normalized spacial score (nSPS) is 14.8. The average molecular weight is 336 g/mol. The number of hydrogen-bond donors (Lipinski definition) is 1. The molecule has 0 bridgehead atoms. The highest BCUT2D eigenvalue weighted by Crippen LogP contribution is 2.29. The molecule has 0 saturated carbocycles. The summed E-state index contributed by atoms with van der Waals surface area (Å²) in [4.78, 5) is 11.0. The number of fused-ring (bicyclic) bond motifs is 1. The van der Waals surface area contributed by atoms with Gasteiger partial charge in [0.2, 0.25) is 15.9 Å². The molecule has 0 aromatic heterocycles. The number of amides is 1. The summed E-state index contributed by atoms with van der Waals surface area (Å²) in [5, 5.41) is 1.98. The number of nitrogens with zero attached hydrogens (tertiary/aromatic N) is 1. The predicted molar refractivity (Wildman–Crippen MR) is 75.0 cm³/mol. The molecule has 0 atom stereocenters. The van der Waals surface area contributed by atoms with E-state index in [0.717, 1.165) is 5.56 Å². The van der Waals surface area contributed by atoms with Crippen molar-refractivity contribution in [1.29, 1.82) is 0 Å². The number of rotatable bonds is 5. The van der Waals surface area contributed by atoms with Gasteiger partial charge >= 0.3 is 6.18 Å². The molecule has 9 heteroatoms. The van der Waals surface area contributed by atoms with Gasteiger partial charge in [-0.2, -0.15) is 13.2 Å². The van der Waals surface area contributed by atoms with Crippen LogP contribution in [0.3, 0.4) is 0 Å². The van der Waals surface area contributed by atoms with Gasteiger partial charge in [-0.25, -0.2) is 8.42 Å². The average Bonchev–Trinajstić information content (AvgIpc) is 2.80. The van der Waals surface area contributed by atoms with Crippen molar-refractivity contribution in [3.8, 4) is 0 Å². The van der Waals surface area contributed by atoms with Gasteiger partial charge < -0.3 is 5.32 Å². The molecule has 5 nitrogen and oxygen atoms in total. The van der Waals surface area contributed by atoms with Crippen molar-refractivity contribution < 1.29 is 26.4 Å². The quantitative estimate of drug-likeness (QED) is 0.885. The van der Waals surface area contributed by atoms with Gasteiger partial charge in [0, 0.05) is 13.1 Å². The molecule has 1 aliphatic heterocycles. The van der Waals surface area contributed by atoms with E-state index < -0.39 is 34.3 Å². The fraction of sp³-hybridized carbons (Fsp3) is 0.462. The molecule has 122 valence electrons. The molecule has 0 spiro atoms. The van der Waals surface area contributed by atoms with Crippen molar-refractivity contribution in [3.63, 3.8) is 0 Å². The van der Waals surface area contributed by atoms with Gasteiger partial charge in [-0.3, -0.25) is 9.10 Å². The van der Waals surface area contributed by atoms with Crippen molar-refractivity contribution in [2.45, 2.75) is 19.0 Å². The number of hydrogen-bond acceptors (Lipinski definition) is 3. The zero-order chi connectivity index (χ0) is 16.4. The largest absolute Gasteiger partial charge is 0.397 e. The van der Waals surface area contributed by atoms with E-state index >= 15 is 0 Å². The minimum atomic E-state index is -4.60. The number of benzene rings is 1. The van der Waals surface area contributed by atoms with Crippen LogP contribution in [0.15, 0.2) is 24.3 Å². The summed E-state index contributed by atoms with van der Waals surface area (Å²) < 4.78 is 61.6. The van der Waals surface area contributed by atoms with Crippen molar-refractivity contribution in [2.24, 2.45) is 0 Å². The molecule has 0 saturated heterocycles. The van der Waals surface area contributed by atoms with Crippen LogP contribution >= 0.6 is 0 Å². The number of alkyl halides is 3. The Kier molecular flexibility index (Phi) is 4.64.